The molecule has 0 saturated carbocycles. The molecule has 9 heteroatoms. The molecule has 1 aromatic heterocycles. The smallest absolute Gasteiger partial charge is 0.340 e. The highest BCUT2D eigenvalue weighted by Gasteiger charge is 2.33. The van der Waals surface area contributed by atoms with Gasteiger partial charge in [-0.25, -0.2) is 0 Å². The molecule has 1 N–H and O–H groups in total. The van der Waals surface area contributed by atoms with Crippen LogP contribution in [0.3, 0.4) is 0 Å². The van der Waals surface area contributed by atoms with Gasteiger partial charge in [0.25, 0.3) is 0 Å². The van der Waals surface area contributed by atoms with E-state index in [2.05, 4.69) is 10.4 Å². The summed E-state index contributed by atoms with van der Waals surface area (Å²) in [5.41, 5.74) is -0.0186. The van der Waals surface area contributed by atoms with Gasteiger partial charge in [-0.05, 0) is 18.7 Å². The number of carbonyl (C=O) groups is 1. The second-order valence-electron chi connectivity index (χ2n) is 5.52. The third kappa shape index (κ3) is 4.96. The number of alkyl halides is 3. The molecule has 0 aliphatic carbocycles. The first kappa shape index (κ1) is 21.0. The van der Waals surface area contributed by atoms with Gasteiger partial charge in [0, 0.05) is 32.4 Å². The number of halogens is 4. The Morgan fingerprint density at radius 1 is 1.36 bits per heavy atom. The summed E-state index contributed by atoms with van der Waals surface area (Å²) in [5.74, 6) is -0.331. The number of hydrogen-bond donors (Lipinski definition) is 1. The average Bonchev–Trinajstić information content (AvgIpc) is 2.93. The van der Waals surface area contributed by atoms with Gasteiger partial charge in [-0.1, -0.05) is 18.2 Å². The van der Waals surface area contributed by atoms with Gasteiger partial charge in [0.05, 0.1) is 11.8 Å². The van der Waals surface area contributed by atoms with Gasteiger partial charge < -0.3 is 10.2 Å². The van der Waals surface area contributed by atoms with Crippen LogP contribution in [0.4, 0.5) is 13.2 Å². The summed E-state index contributed by atoms with van der Waals surface area (Å²) >= 11 is 0. The van der Waals surface area contributed by atoms with Gasteiger partial charge in [0.15, 0.2) is 0 Å². The van der Waals surface area contributed by atoms with Crippen molar-refractivity contribution in [2.75, 3.05) is 14.1 Å². The van der Waals surface area contributed by atoms with Crippen molar-refractivity contribution in [1.82, 2.24) is 20.0 Å². The molecule has 2 aromatic rings. The minimum Gasteiger partial charge on any atom is -0.340 e. The lowest BCUT2D eigenvalue weighted by molar-refractivity contribution is -0.140. The number of aryl methyl sites for hydroxylation is 1. The summed E-state index contributed by atoms with van der Waals surface area (Å²) in [6.07, 6.45) is -1.21. The number of nitrogens with one attached hydrogen (secondary N) is 1. The molecule has 1 unspecified atom stereocenters. The maximum atomic E-state index is 13.1. The molecule has 1 heterocycles. The van der Waals surface area contributed by atoms with Gasteiger partial charge in [-0.3, -0.25) is 9.48 Å². The van der Waals surface area contributed by atoms with Gasteiger partial charge in [-0.2, -0.15) is 18.3 Å². The first-order valence-electron chi connectivity index (χ1n) is 7.30. The largest absolute Gasteiger partial charge is 0.416 e. The second kappa shape index (κ2) is 8.35. The van der Waals surface area contributed by atoms with Crippen LogP contribution in [0, 0.1) is 0 Å². The van der Waals surface area contributed by atoms with Crippen LogP contribution in [0.5, 0.6) is 0 Å². The van der Waals surface area contributed by atoms with Crippen LogP contribution in [0.25, 0.3) is 0 Å². The van der Waals surface area contributed by atoms with Crippen LogP contribution in [0.1, 0.15) is 22.7 Å². The normalized spacial score (nSPS) is 12.4. The zero-order chi connectivity index (χ0) is 17.9. The van der Waals surface area contributed by atoms with E-state index in [-0.39, 0.29) is 30.4 Å². The predicted octanol–water partition coefficient (Wildman–Crippen LogP) is 2.78. The lowest BCUT2D eigenvalue weighted by Crippen LogP contribution is -2.37. The molecule has 138 valence electrons. The standard InChI is InChI=1S/C16H19F3N4O.ClH/c1-20-14(12-8-21-23(3)10-12)15(24)22(2)9-11-6-4-5-7-13(11)16(17,18)19;/h4-8,10,14,20H,9H2,1-3H3;1H. The lowest BCUT2D eigenvalue weighted by atomic mass is 10.1. The summed E-state index contributed by atoms with van der Waals surface area (Å²) < 4.78 is 40.8. The van der Waals surface area contributed by atoms with E-state index >= 15 is 0 Å². The minimum absolute atomic E-state index is 0. The molecule has 0 aliphatic rings. The van der Waals surface area contributed by atoms with Gasteiger partial charge >= 0.3 is 6.18 Å². The average molecular weight is 377 g/mol. The Kier molecular flexibility index (Phi) is 7.01. The molecular formula is C16H20ClF3N4O. The first-order chi connectivity index (χ1) is 11.2. The summed E-state index contributed by atoms with van der Waals surface area (Å²) in [6, 6.07) is 4.59. The number of hydrogen-bond acceptors (Lipinski definition) is 3. The third-order valence-electron chi connectivity index (χ3n) is 3.70. The lowest BCUT2D eigenvalue weighted by Gasteiger charge is -2.24. The number of aromatic nitrogens is 2. The van der Waals surface area contributed by atoms with Crippen LogP contribution in [0.15, 0.2) is 36.7 Å². The molecule has 0 fully saturated rings. The Hall–Kier alpha value is -2.06. The van der Waals surface area contributed by atoms with E-state index in [1.165, 1.54) is 30.1 Å². The maximum absolute atomic E-state index is 13.1. The predicted molar refractivity (Wildman–Crippen MR) is 90.2 cm³/mol. The molecule has 0 aliphatic heterocycles. The Labute approximate surface area is 150 Å². The highest BCUT2D eigenvalue weighted by molar-refractivity contribution is 5.85. The van der Waals surface area contributed by atoms with E-state index in [9.17, 15) is 18.0 Å². The van der Waals surface area contributed by atoms with Gasteiger partial charge in [0.1, 0.15) is 6.04 Å². The van der Waals surface area contributed by atoms with Crippen molar-refractivity contribution in [3.8, 4) is 0 Å². The van der Waals surface area contributed by atoms with Crippen LogP contribution in [-0.4, -0.2) is 34.7 Å². The highest BCUT2D eigenvalue weighted by atomic mass is 35.5. The van der Waals surface area contributed by atoms with Crippen molar-refractivity contribution in [3.63, 3.8) is 0 Å². The van der Waals surface area contributed by atoms with E-state index in [0.717, 1.165) is 6.07 Å². The van der Waals surface area contributed by atoms with Gasteiger partial charge in [-0.15, -0.1) is 12.4 Å². The number of rotatable bonds is 5. The summed E-state index contributed by atoms with van der Waals surface area (Å²) in [4.78, 5) is 13.9. The van der Waals surface area contributed by atoms with Gasteiger partial charge in [0.2, 0.25) is 5.91 Å². The number of carbonyl (C=O) groups excluding carboxylic acids is 1. The Bertz CT molecular complexity index is 717. The van der Waals surface area contributed by atoms with Crippen LogP contribution >= 0.6 is 12.4 Å². The second-order valence-corrected chi connectivity index (χ2v) is 5.52. The molecule has 0 radical (unpaired) electrons. The van der Waals surface area contributed by atoms with Crippen molar-refractivity contribution in [1.29, 1.82) is 0 Å². The van der Waals surface area contributed by atoms with Crippen molar-refractivity contribution in [3.05, 3.63) is 53.3 Å². The summed E-state index contributed by atoms with van der Waals surface area (Å²) in [5, 5.41) is 6.89. The van der Waals surface area contributed by atoms with Crippen LogP contribution in [0.2, 0.25) is 0 Å². The van der Waals surface area contributed by atoms with Crippen LogP contribution in [-0.2, 0) is 24.6 Å². The monoisotopic (exact) mass is 376 g/mol. The SMILES string of the molecule is CNC(C(=O)N(C)Cc1ccccc1C(F)(F)F)c1cnn(C)c1.Cl. The molecule has 25 heavy (non-hydrogen) atoms. The zero-order valence-corrected chi connectivity index (χ0v) is 14.9. The van der Waals surface area contributed by atoms with E-state index in [0.29, 0.717) is 5.56 Å². The van der Waals surface area contributed by atoms with Crippen molar-refractivity contribution in [2.24, 2.45) is 7.05 Å². The fourth-order valence-electron chi connectivity index (χ4n) is 2.51. The number of likely N-dealkylation sites (N-methyl/N-ethyl adjacent to an activating group) is 2. The molecule has 1 aromatic carbocycles. The Morgan fingerprint density at radius 3 is 2.52 bits per heavy atom. The molecule has 0 bridgehead atoms. The maximum Gasteiger partial charge on any atom is 0.416 e. The summed E-state index contributed by atoms with van der Waals surface area (Å²) in [6.45, 7) is -0.132. The van der Waals surface area contributed by atoms with Crippen LogP contribution < -0.4 is 5.32 Å². The van der Waals surface area contributed by atoms with E-state index in [4.69, 9.17) is 0 Å². The Morgan fingerprint density at radius 2 is 2.00 bits per heavy atom. The van der Waals surface area contributed by atoms with E-state index < -0.39 is 17.8 Å². The van der Waals surface area contributed by atoms with Crippen molar-refractivity contribution in [2.45, 2.75) is 18.8 Å². The number of amides is 1. The topological polar surface area (TPSA) is 50.2 Å². The molecule has 0 spiro atoms. The van der Waals surface area contributed by atoms with E-state index in [1.807, 2.05) is 0 Å². The van der Waals surface area contributed by atoms with Crippen molar-refractivity contribution < 1.29 is 18.0 Å². The molecule has 0 saturated heterocycles. The highest BCUT2D eigenvalue weighted by Crippen LogP contribution is 2.32. The first-order valence-corrected chi connectivity index (χ1v) is 7.30. The summed E-state index contributed by atoms with van der Waals surface area (Å²) in [7, 11) is 4.83. The Balaban J connectivity index is 0.00000312. The molecular weight excluding hydrogens is 357 g/mol. The molecule has 1 amide bonds. The third-order valence-corrected chi connectivity index (χ3v) is 3.70. The molecule has 5 nitrogen and oxygen atoms in total. The fraction of sp³-hybridized carbons (Fsp3) is 0.375. The quantitative estimate of drug-likeness (QED) is 0.873. The zero-order valence-electron chi connectivity index (χ0n) is 14.0. The number of benzene rings is 1. The minimum atomic E-state index is -4.45. The molecule has 2 rings (SSSR count). The molecule has 1 atom stereocenters. The fourth-order valence-corrected chi connectivity index (χ4v) is 2.51. The number of nitrogens with zero attached hydrogens (tertiary/aromatic N) is 3. The van der Waals surface area contributed by atoms with Crippen molar-refractivity contribution >= 4 is 18.3 Å². The van der Waals surface area contributed by atoms with E-state index in [1.54, 1.807) is 31.2 Å².